The third-order valence-electron chi connectivity index (χ3n) is 4.99. The Morgan fingerprint density at radius 1 is 1.19 bits per heavy atom. The molecular weight excluding hydrogens is 352 g/mol. The molecule has 3 rings (SSSR count). The molecule has 2 heterocycles. The number of carbonyl (C=O) groups is 2. The molecule has 1 unspecified atom stereocenters. The third-order valence-corrected chi connectivity index (χ3v) is 5.25. The van der Waals surface area contributed by atoms with Crippen LogP contribution in [0.5, 0.6) is 0 Å². The van der Waals surface area contributed by atoms with E-state index < -0.39 is 0 Å². The molecule has 1 aromatic rings. The number of carbonyl (C=O) groups excluding carboxylic acids is 2. The van der Waals surface area contributed by atoms with Gasteiger partial charge in [0.15, 0.2) is 0 Å². The number of benzene rings is 1. The molecule has 6 heteroatoms. The first kappa shape index (κ1) is 18.9. The number of amides is 2. The van der Waals surface area contributed by atoms with E-state index in [1.165, 1.54) is 0 Å². The Balaban J connectivity index is 1.41. The lowest BCUT2D eigenvalue weighted by Crippen LogP contribution is -2.43. The average Bonchev–Trinajstić information content (AvgIpc) is 3.19. The SMILES string of the molecule is O=C(NCC1CCCO1)C1CCN(C(=O)C=Cc2ccc(Cl)cc2)CC1. The molecule has 2 saturated heterocycles. The maximum Gasteiger partial charge on any atom is 0.246 e. The summed E-state index contributed by atoms with van der Waals surface area (Å²) in [6.45, 7) is 2.62. The van der Waals surface area contributed by atoms with Crippen LogP contribution in [0.3, 0.4) is 0 Å². The molecule has 26 heavy (non-hydrogen) atoms. The first-order chi connectivity index (χ1) is 12.6. The Bertz CT molecular complexity index is 646. The molecule has 140 valence electrons. The van der Waals surface area contributed by atoms with E-state index in [1.807, 2.05) is 12.1 Å². The molecule has 1 aromatic carbocycles. The number of likely N-dealkylation sites (tertiary alicyclic amines) is 1. The lowest BCUT2D eigenvalue weighted by Gasteiger charge is -2.30. The molecule has 0 aromatic heterocycles. The predicted octanol–water partition coefficient (Wildman–Crippen LogP) is 2.89. The van der Waals surface area contributed by atoms with E-state index in [2.05, 4.69) is 5.32 Å². The van der Waals surface area contributed by atoms with Crippen molar-refractivity contribution in [3.05, 3.63) is 40.9 Å². The molecule has 0 radical (unpaired) electrons. The Morgan fingerprint density at radius 2 is 1.92 bits per heavy atom. The van der Waals surface area contributed by atoms with E-state index in [0.717, 1.165) is 25.0 Å². The molecule has 1 atom stereocenters. The minimum atomic E-state index is -0.0156. The summed E-state index contributed by atoms with van der Waals surface area (Å²) in [5.74, 6) is 0.0585. The number of nitrogens with one attached hydrogen (secondary N) is 1. The van der Waals surface area contributed by atoms with Gasteiger partial charge in [-0.3, -0.25) is 9.59 Å². The quantitative estimate of drug-likeness (QED) is 0.804. The normalized spacial score (nSPS) is 21.3. The zero-order chi connectivity index (χ0) is 18.4. The van der Waals surface area contributed by atoms with Crippen molar-refractivity contribution in [2.24, 2.45) is 5.92 Å². The Hall–Kier alpha value is -1.85. The summed E-state index contributed by atoms with van der Waals surface area (Å²) in [5, 5.41) is 3.67. The van der Waals surface area contributed by atoms with Gasteiger partial charge in [0.25, 0.3) is 0 Å². The third kappa shape index (κ3) is 5.32. The van der Waals surface area contributed by atoms with Crippen LogP contribution in [0, 0.1) is 5.92 Å². The minimum absolute atomic E-state index is 0.0132. The van der Waals surface area contributed by atoms with E-state index in [-0.39, 0.29) is 23.8 Å². The number of nitrogens with zero attached hydrogens (tertiary/aromatic N) is 1. The van der Waals surface area contributed by atoms with Crippen LogP contribution in [0.2, 0.25) is 5.02 Å². The number of halogens is 1. The highest BCUT2D eigenvalue weighted by molar-refractivity contribution is 6.30. The van der Waals surface area contributed by atoms with Crippen molar-refractivity contribution in [3.8, 4) is 0 Å². The van der Waals surface area contributed by atoms with Crippen molar-refractivity contribution in [1.29, 1.82) is 0 Å². The van der Waals surface area contributed by atoms with E-state index in [0.29, 0.717) is 37.5 Å². The van der Waals surface area contributed by atoms with E-state index in [9.17, 15) is 9.59 Å². The lowest BCUT2D eigenvalue weighted by atomic mass is 9.95. The van der Waals surface area contributed by atoms with Crippen LogP contribution in [-0.2, 0) is 14.3 Å². The summed E-state index contributed by atoms with van der Waals surface area (Å²) in [7, 11) is 0. The molecule has 0 aliphatic carbocycles. The van der Waals surface area contributed by atoms with Gasteiger partial charge in [-0.2, -0.15) is 0 Å². The van der Waals surface area contributed by atoms with E-state index in [4.69, 9.17) is 16.3 Å². The summed E-state index contributed by atoms with van der Waals surface area (Å²) in [5.41, 5.74) is 0.936. The first-order valence-electron chi connectivity index (χ1n) is 9.23. The molecule has 0 spiro atoms. The molecule has 2 aliphatic heterocycles. The van der Waals surface area contributed by atoms with Crippen molar-refractivity contribution in [1.82, 2.24) is 10.2 Å². The van der Waals surface area contributed by atoms with Gasteiger partial charge in [-0.05, 0) is 49.5 Å². The summed E-state index contributed by atoms with van der Waals surface area (Å²) >= 11 is 5.86. The standard InChI is InChI=1S/C20H25ClN2O3/c21-17-6-3-15(4-7-17)5-8-19(24)23-11-9-16(10-12-23)20(25)22-14-18-2-1-13-26-18/h3-8,16,18H,1-2,9-14H2,(H,22,25). The second kappa shape index (κ2) is 9.19. The molecule has 2 amide bonds. The van der Waals surface area contributed by atoms with Gasteiger partial charge in [-0.15, -0.1) is 0 Å². The van der Waals surface area contributed by atoms with Crippen LogP contribution >= 0.6 is 11.6 Å². The molecule has 0 saturated carbocycles. The van der Waals surface area contributed by atoms with Crippen LogP contribution in [0.15, 0.2) is 30.3 Å². The number of piperidine rings is 1. The van der Waals surface area contributed by atoms with Crippen molar-refractivity contribution < 1.29 is 14.3 Å². The highest BCUT2D eigenvalue weighted by Gasteiger charge is 2.27. The number of hydrogen-bond acceptors (Lipinski definition) is 3. The summed E-state index contributed by atoms with van der Waals surface area (Å²) in [6.07, 6.45) is 7.05. The Morgan fingerprint density at radius 3 is 2.58 bits per heavy atom. The Labute approximate surface area is 159 Å². The monoisotopic (exact) mass is 376 g/mol. The highest BCUT2D eigenvalue weighted by Crippen LogP contribution is 2.19. The van der Waals surface area contributed by atoms with E-state index in [1.54, 1.807) is 29.2 Å². The fraction of sp³-hybridized carbons (Fsp3) is 0.500. The van der Waals surface area contributed by atoms with E-state index >= 15 is 0 Å². The van der Waals surface area contributed by atoms with Gasteiger partial charge in [0.2, 0.25) is 11.8 Å². The molecule has 1 N–H and O–H groups in total. The van der Waals surface area contributed by atoms with Crippen LogP contribution in [-0.4, -0.2) is 49.1 Å². The van der Waals surface area contributed by atoms with Crippen LogP contribution in [0.25, 0.3) is 6.08 Å². The number of rotatable bonds is 5. The van der Waals surface area contributed by atoms with Gasteiger partial charge in [-0.1, -0.05) is 23.7 Å². The Kier molecular flexibility index (Phi) is 6.69. The zero-order valence-electron chi connectivity index (χ0n) is 14.8. The second-order valence-electron chi connectivity index (χ2n) is 6.86. The largest absolute Gasteiger partial charge is 0.376 e. The summed E-state index contributed by atoms with van der Waals surface area (Å²) < 4.78 is 5.53. The van der Waals surface area contributed by atoms with Crippen molar-refractivity contribution >= 4 is 29.5 Å². The predicted molar refractivity (Wildman–Crippen MR) is 102 cm³/mol. The average molecular weight is 377 g/mol. The topological polar surface area (TPSA) is 58.6 Å². The van der Waals surface area contributed by atoms with Crippen molar-refractivity contribution in [2.45, 2.75) is 31.8 Å². The van der Waals surface area contributed by atoms with Crippen LogP contribution < -0.4 is 5.32 Å². The van der Waals surface area contributed by atoms with Crippen molar-refractivity contribution in [3.63, 3.8) is 0 Å². The van der Waals surface area contributed by atoms with Gasteiger partial charge in [-0.25, -0.2) is 0 Å². The number of ether oxygens (including phenoxy) is 1. The first-order valence-corrected chi connectivity index (χ1v) is 9.61. The van der Waals surface area contributed by atoms with Gasteiger partial charge >= 0.3 is 0 Å². The molecule has 0 bridgehead atoms. The zero-order valence-corrected chi connectivity index (χ0v) is 15.6. The van der Waals surface area contributed by atoms with Gasteiger partial charge in [0, 0.05) is 43.3 Å². The lowest BCUT2D eigenvalue weighted by molar-refractivity contribution is -0.132. The fourth-order valence-electron chi connectivity index (χ4n) is 3.37. The molecule has 2 fully saturated rings. The minimum Gasteiger partial charge on any atom is -0.376 e. The second-order valence-corrected chi connectivity index (χ2v) is 7.30. The summed E-state index contributed by atoms with van der Waals surface area (Å²) in [6, 6.07) is 7.34. The maximum atomic E-state index is 12.3. The smallest absolute Gasteiger partial charge is 0.246 e. The number of hydrogen-bond donors (Lipinski definition) is 1. The van der Waals surface area contributed by atoms with Crippen LogP contribution in [0.1, 0.15) is 31.2 Å². The van der Waals surface area contributed by atoms with Crippen LogP contribution in [0.4, 0.5) is 0 Å². The highest BCUT2D eigenvalue weighted by atomic mass is 35.5. The van der Waals surface area contributed by atoms with Gasteiger partial charge in [0.1, 0.15) is 0 Å². The van der Waals surface area contributed by atoms with Gasteiger partial charge in [0.05, 0.1) is 6.10 Å². The molecule has 2 aliphatic rings. The fourth-order valence-corrected chi connectivity index (χ4v) is 3.50. The molecular formula is C20H25ClN2O3. The van der Waals surface area contributed by atoms with Crippen molar-refractivity contribution in [2.75, 3.05) is 26.2 Å². The van der Waals surface area contributed by atoms with Gasteiger partial charge < -0.3 is 15.0 Å². The maximum absolute atomic E-state index is 12.3. The molecule has 5 nitrogen and oxygen atoms in total. The summed E-state index contributed by atoms with van der Waals surface area (Å²) in [4.78, 5) is 26.4.